The Kier molecular flexibility index (Phi) is 6.81. The van der Waals surface area contributed by atoms with Crippen LogP contribution < -0.4 is 5.56 Å². The summed E-state index contributed by atoms with van der Waals surface area (Å²) in [5.74, 6) is 1.51. The minimum atomic E-state index is -0.0242. The van der Waals surface area contributed by atoms with E-state index in [-0.39, 0.29) is 11.5 Å². The topological polar surface area (TPSA) is 55.2 Å². The van der Waals surface area contributed by atoms with Gasteiger partial charge in [0.05, 0.1) is 16.7 Å². The molecule has 1 fully saturated rings. The summed E-state index contributed by atoms with van der Waals surface area (Å²) >= 11 is 1.38. The molecular formula is C22H31N3O2S. The molecule has 28 heavy (non-hydrogen) atoms. The Bertz CT molecular complexity index is 885. The summed E-state index contributed by atoms with van der Waals surface area (Å²) in [5.41, 5.74) is 0.668. The van der Waals surface area contributed by atoms with Gasteiger partial charge in [0.25, 0.3) is 5.56 Å². The Balaban J connectivity index is 1.77. The fraction of sp³-hybridized carbons (Fsp3) is 0.591. The Hall–Kier alpha value is -1.82. The maximum atomic E-state index is 13.0. The van der Waals surface area contributed by atoms with Crippen molar-refractivity contribution in [2.24, 2.45) is 11.8 Å². The van der Waals surface area contributed by atoms with Crippen LogP contribution in [0.2, 0.25) is 0 Å². The standard InChI is InChI=1S/C22H31N3O2S/c1-15(2)13-25-21(27)18-7-5-6-8-19(18)23-22(25)28-14-20(26)24(4)17-11-9-16(3)10-12-17/h5-8,15-17H,9-14H2,1-4H3. The maximum absolute atomic E-state index is 13.0. The number of aromatic nitrogens is 2. The Morgan fingerprint density at radius 3 is 2.61 bits per heavy atom. The molecule has 0 bridgehead atoms. The molecule has 1 saturated carbocycles. The van der Waals surface area contributed by atoms with Gasteiger partial charge in [-0.15, -0.1) is 0 Å². The highest BCUT2D eigenvalue weighted by molar-refractivity contribution is 7.99. The molecule has 0 saturated heterocycles. The third kappa shape index (κ3) is 4.77. The van der Waals surface area contributed by atoms with Crippen LogP contribution in [0.25, 0.3) is 10.9 Å². The van der Waals surface area contributed by atoms with Gasteiger partial charge in [0.2, 0.25) is 5.91 Å². The lowest BCUT2D eigenvalue weighted by Crippen LogP contribution is -2.40. The first-order valence-electron chi connectivity index (χ1n) is 10.2. The zero-order valence-electron chi connectivity index (χ0n) is 17.4. The van der Waals surface area contributed by atoms with Gasteiger partial charge in [-0.05, 0) is 49.7 Å². The highest BCUT2D eigenvalue weighted by Crippen LogP contribution is 2.27. The molecule has 0 unspecified atom stereocenters. The van der Waals surface area contributed by atoms with E-state index in [2.05, 4.69) is 20.8 Å². The molecule has 1 aromatic heterocycles. The lowest BCUT2D eigenvalue weighted by atomic mass is 9.87. The van der Waals surface area contributed by atoms with Crippen LogP contribution in [-0.2, 0) is 11.3 Å². The molecule has 0 radical (unpaired) electrons. The Morgan fingerprint density at radius 2 is 1.93 bits per heavy atom. The number of fused-ring (bicyclic) bond motifs is 1. The van der Waals surface area contributed by atoms with Crippen LogP contribution in [0.4, 0.5) is 0 Å². The number of nitrogens with zero attached hydrogens (tertiary/aromatic N) is 3. The quantitative estimate of drug-likeness (QED) is 0.538. The van der Waals surface area contributed by atoms with E-state index in [0.29, 0.717) is 40.3 Å². The average molecular weight is 402 g/mol. The second kappa shape index (κ2) is 9.12. The lowest BCUT2D eigenvalue weighted by Gasteiger charge is -2.33. The smallest absolute Gasteiger partial charge is 0.262 e. The molecular weight excluding hydrogens is 370 g/mol. The van der Waals surface area contributed by atoms with E-state index in [4.69, 9.17) is 4.98 Å². The summed E-state index contributed by atoms with van der Waals surface area (Å²) in [6.07, 6.45) is 4.55. The molecule has 0 aliphatic heterocycles. The summed E-state index contributed by atoms with van der Waals surface area (Å²) < 4.78 is 1.73. The molecule has 2 aromatic rings. The first kappa shape index (κ1) is 20.9. The minimum Gasteiger partial charge on any atom is -0.342 e. The third-order valence-corrected chi connectivity index (χ3v) is 6.59. The number of rotatable bonds is 6. The van der Waals surface area contributed by atoms with Crippen molar-refractivity contribution in [2.45, 2.75) is 64.2 Å². The lowest BCUT2D eigenvalue weighted by molar-refractivity contribution is -0.129. The van der Waals surface area contributed by atoms with Crippen LogP contribution >= 0.6 is 11.8 Å². The molecule has 1 aromatic carbocycles. The van der Waals surface area contributed by atoms with Crippen molar-refractivity contribution in [1.29, 1.82) is 0 Å². The summed E-state index contributed by atoms with van der Waals surface area (Å²) in [6.45, 7) is 7.05. The average Bonchev–Trinajstić information content (AvgIpc) is 2.68. The normalized spacial score (nSPS) is 19.9. The van der Waals surface area contributed by atoms with E-state index >= 15 is 0 Å². The van der Waals surface area contributed by atoms with Crippen LogP contribution in [0.15, 0.2) is 34.2 Å². The summed E-state index contributed by atoms with van der Waals surface area (Å²) in [6, 6.07) is 7.77. The monoisotopic (exact) mass is 401 g/mol. The molecule has 0 atom stereocenters. The molecule has 1 aliphatic carbocycles. The first-order valence-corrected chi connectivity index (χ1v) is 11.2. The fourth-order valence-electron chi connectivity index (χ4n) is 3.85. The number of benzene rings is 1. The van der Waals surface area contributed by atoms with Crippen molar-refractivity contribution in [2.75, 3.05) is 12.8 Å². The van der Waals surface area contributed by atoms with Crippen LogP contribution in [-0.4, -0.2) is 39.2 Å². The van der Waals surface area contributed by atoms with Crippen LogP contribution in [0, 0.1) is 11.8 Å². The van der Waals surface area contributed by atoms with E-state index in [1.807, 2.05) is 36.2 Å². The second-order valence-electron chi connectivity index (χ2n) is 8.43. The third-order valence-electron chi connectivity index (χ3n) is 5.63. The predicted octanol–water partition coefficient (Wildman–Crippen LogP) is 4.18. The summed E-state index contributed by atoms with van der Waals surface area (Å²) in [7, 11) is 1.92. The number of thioether (sulfide) groups is 1. The molecule has 6 heteroatoms. The molecule has 1 amide bonds. The van der Waals surface area contributed by atoms with Crippen molar-refractivity contribution in [1.82, 2.24) is 14.5 Å². The van der Waals surface area contributed by atoms with Gasteiger partial charge in [-0.3, -0.25) is 14.2 Å². The van der Waals surface area contributed by atoms with Gasteiger partial charge in [0.1, 0.15) is 0 Å². The molecule has 1 aliphatic rings. The molecule has 1 heterocycles. The van der Waals surface area contributed by atoms with Crippen molar-refractivity contribution in [3.8, 4) is 0 Å². The number of hydrogen-bond acceptors (Lipinski definition) is 4. The van der Waals surface area contributed by atoms with Gasteiger partial charge in [0, 0.05) is 19.6 Å². The fourth-order valence-corrected chi connectivity index (χ4v) is 4.78. The van der Waals surface area contributed by atoms with Crippen molar-refractivity contribution in [3.63, 3.8) is 0 Å². The second-order valence-corrected chi connectivity index (χ2v) is 9.37. The van der Waals surface area contributed by atoms with Gasteiger partial charge in [-0.2, -0.15) is 0 Å². The highest BCUT2D eigenvalue weighted by atomic mass is 32.2. The van der Waals surface area contributed by atoms with E-state index in [1.165, 1.54) is 24.6 Å². The number of amides is 1. The molecule has 5 nitrogen and oxygen atoms in total. The van der Waals surface area contributed by atoms with E-state index in [0.717, 1.165) is 18.8 Å². The van der Waals surface area contributed by atoms with Gasteiger partial charge in [0.15, 0.2) is 5.16 Å². The van der Waals surface area contributed by atoms with Gasteiger partial charge in [-0.25, -0.2) is 4.98 Å². The van der Waals surface area contributed by atoms with Crippen LogP contribution in [0.3, 0.4) is 0 Å². The van der Waals surface area contributed by atoms with Crippen molar-refractivity contribution < 1.29 is 4.79 Å². The van der Waals surface area contributed by atoms with Crippen LogP contribution in [0.1, 0.15) is 46.5 Å². The van der Waals surface area contributed by atoms with E-state index in [9.17, 15) is 9.59 Å². The van der Waals surface area contributed by atoms with Gasteiger partial charge < -0.3 is 4.90 Å². The van der Waals surface area contributed by atoms with Gasteiger partial charge in [-0.1, -0.05) is 44.7 Å². The van der Waals surface area contributed by atoms with E-state index < -0.39 is 0 Å². The maximum Gasteiger partial charge on any atom is 0.262 e. The Labute approximate surface area is 171 Å². The van der Waals surface area contributed by atoms with Crippen molar-refractivity contribution >= 4 is 28.6 Å². The Morgan fingerprint density at radius 1 is 1.25 bits per heavy atom. The minimum absolute atomic E-state index is 0.0242. The molecule has 0 N–H and O–H groups in total. The predicted molar refractivity (Wildman–Crippen MR) is 116 cm³/mol. The molecule has 152 valence electrons. The molecule has 3 rings (SSSR count). The highest BCUT2D eigenvalue weighted by Gasteiger charge is 2.25. The van der Waals surface area contributed by atoms with E-state index in [1.54, 1.807) is 4.57 Å². The molecule has 0 spiro atoms. The summed E-state index contributed by atoms with van der Waals surface area (Å²) in [4.78, 5) is 32.3. The summed E-state index contributed by atoms with van der Waals surface area (Å²) in [5, 5.41) is 1.27. The van der Waals surface area contributed by atoms with Gasteiger partial charge >= 0.3 is 0 Å². The number of carbonyl (C=O) groups excluding carboxylic acids is 1. The number of para-hydroxylation sites is 1. The van der Waals surface area contributed by atoms with Crippen molar-refractivity contribution in [3.05, 3.63) is 34.6 Å². The number of hydrogen-bond donors (Lipinski definition) is 0. The number of carbonyl (C=O) groups is 1. The zero-order chi connectivity index (χ0) is 20.3. The largest absolute Gasteiger partial charge is 0.342 e. The SMILES string of the molecule is CC(C)Cn1c(SCC(=O)N(C)C2CCC(C)CC2)nc2ccccc2c1=O. The zero-order valence-corrected chi connectivity index (χ0v) is 18.2. The first-order chi connectivity index (χ1) is 13.4. The van der Waals surface area contributed by atoms with Crippen LogP contribution in [0.5, 0.6) is 0 Å².